The van der Waals surface area contributed by atoms with Gasteiger partial charge in [0.15, 0.2) is 0 Å². The maximum Gasteiger partial charge on any atom is 0.123 e. The number of hydrogen-bond donors (Lipinski definition) is 0. The molecule has 0 N–H and O–H groups in total. The summed E-state index contributed by atoms with van der Waals surface area (Å²) in [6.07, 6.45) is 0.928. The Bertz CT molecular complexity index is 646. The van der Waals surface area contributed by atoms with E-state index >= 15 is 0 Å². The van der Waals surface area contributed by atoms with E-state index in [1.165, 1.54) is 5.56 Å². The number of ether oxygens (including phenoxy) is 1. The average Bonchev–Trinajstić information content (AvgIpc) is 2.86. The SMILES string of the molecule is CC1(C)Cc2cc(C(Cl)c3cc(Br)c(Br)s3)ccc2O1. The van der Waals surface area contributed by atoms with Gasteiger partial charge in [-0.2, -0.15) is 0 Å². The summed E-state index contributed by atoms with van der Waals surface area (Å²) >= 11 is 15.3. The van der Waals surface area contributed by atoms with Gasteiger partial charge in [0.2, 0.25) is 0 Å². The Kier molecular flexibility index (Phi) is 3.95. The summed E-state index contributed by atoms with van der Waals surface area (Å²) < 4.78 is 8.03. The van der Waals surface area contributed by atoms with E-state index in [9.17, 15) is 0 Å². The van der Waals surface area contributed by atoms with Crippen molar-refractivity contribution in [2.24, 2.45) is 0 Å². The van der Waals surface area contributed by atoms with Crippen LogP contribution in [0, 0.1) is 0 Å². The Labute approximate surface area is 144 Å². The lowest BCUT2D eigenvalue weighted by molar-refractivity contribution is 0.138. The molecule has 0 amide bonds. The van der Waals surface area contributed by atoms with Gasteiger partial charge in [-0.1, -0.05) is 12.1 Å². The van der Waals surface area contributed by atoms with E-state index < -0.39 is 0 Å². The van der Waals surface area contributed by atoms with Crippen molar-refractivity contribution in [1.82, 2.24) is 0 Å². The fourth-order valence-electron chi connectivity index (χ4n) is 2.44. The molecule has 0 saturated heterocycles. The third-order valence-electron chi connectivity index (χ3n) is 3.29. The van der Waals surface area contributed by atoms with Crippen molar-refractivity contribution in [2.75, 3.05) is 0 Å². The monoisotopic (exact) mass is 434 g/mol. The minimum absolute atomic E-state index is 0.113. The van der Waals surface area contributed by atoms with Crippen LogP contribution >= 0.6 is 54.8 Å². The van der Waals surface area contributed by atoms with E-state index in [4.69, 9.17) is 16.3 Å². The van der Waals surface area contributed by atoms with Gasteiger partial charge in [-0.3, -0.25) is 0 Å². The van der Waals surface area contributed by atoms with Crippen LogP contribution in [0.2, 0.25) is 0 Å². The quantitative estimate of drug-likeness (QED) is 0.501. The van der Waals surface area contributed by atoms with Crippen LogP contribution < -0.4 is 4.74 Å². The molecule has 2 heterocycles. The highest BCUT2D eigenvalue weighted by Crippen LogP contribution is 2.42. The predicted molar refractivity (Wildman–Crippen MR) is 92.3 cm³/mol. The van der Waals surface area contributed by atoms with Crippen LogP contribution in [0.3, 0.4) is 0 Å². The maximum absolute atomic E-state index is 6.62. The van der Waals surface area contributed by atoms with Gasteiger partial charge in [0.05, 0.1) is 9.16 Å². The first kappa shape index (κ1) is 14.9. The van der Waals surface area contributed by atoms with Crippen LogP contribution in [0.25, 0.3) is 0 Å². The smallest absolute Gasteiger partial charge is 0.123 e. The van der Waals surface area contributed by atoms with Crippen molar-refractivity contribution in [2.45, 2.75) is 31.2 Å². The van der Waals surface area contributed by atoms with Crippen molar-refractivity contribution in [1.29, 1.82) is 0 Å². The molecule has 1 aliphatic heterocycles. The highest BCUT2D eigenvalue weighted by atomic mass is 79.9. The van der Waals surface area contributed by atoms with E-state index in [1.807, 2.05) is 6.07 Å². The molecule has 0 saturated carbocycles. The number of hydrogen-bond acceptors (Lipinski definition) is 2. The molecule has 0 spiro atoms. The number of thiophene rings is 1. The second-order valence-electron chi connectivity index (χ2n) is 5.54. The molecule has 20 heavy (non-hydrogen) atoms. The molecule has 1 aliphatic rings. The largest absolute Gasteiger partial charge is 0.487 e. The standard InChI is InChI=1S/C15H13Br2ClOS/c1-15(2)7-9-5-8(3-4-11(9)19-15)13(18)12-6-10(16)14(17)20-12/h3-6,13H,7H2,1-2H3. The highest BCUT2D eigenvalue weighted by molar-refractivity contribution is 9.13. The van der Waals surface area contributed by atoms with Gasteiger partial charge in [-0.15, -0.1) is 22.9 Å². The van der Waals surface area contributed by atoms with Gasteiger partial charge in [-0.05, 0) is 69.0 Å². The van der Waals surface area contributed by atoms with E-state index in [2.05, 4.69) is 63.9 Å². The number of halogens is 3. The van der Waals surface area contributed by atoms with E-state index in [0.29, 0.717) is 0 Å². The fraction of sp³-hybridized carbons (Fsp3) is 0.333. The molecule has 0 aliphatic carbocycles. The zero-order valence-corrected chi connectivity index (χ0v) is 15.8. The number of alkyl halides is 1. The molecule has 106 valence electrons. The summed E-state index contributed by atoms with van der Waals surface area (Å²) in [5.74, 6) is 0.983. The summed E-state index contributed by atoms with van der Waals surface area (Å²) in [5, 5.41) is -0.128. The van der Waals surface area contributed by atoms with Gasteiger partial charge in [-0.25, -0.2) is 0 Å². The van der Waals surface area contributed by atoms with Crippen molar-refractivity contribution in [3.8, 4) is 5.75 Å². The van der Waals surface area contributed by atoms with Gasteiger partial charge in [0, 0.05) is 15.8 Å². The number of rotatable bonds is 2. The first-order valence-electron chi connectivity index (χ1n) is 6.26. The van der Waals surface area contributed by atoms with Gasteiger partial charge in [0.1, 0.15) is 11.4 Å². The van der Waals surface area contributed by atoms with Gasteiger partial charge >= 0.3 is 0 Å². The maximum atomic E-state index is 6.62. The molecule has 1 aromatic heterocycles. The van der Waals surface area contributed by atoms with E-state index in [-0.39, 0.29) is 11.0 Å². The minimum atomic E-state index is -0.128. The summed E-state index contributed by atoms with van der Waals surface area (Å²) in [7, 11) is 0. The van der Waals surface area contributed by atoms with Crippen LogP contribution in [0.15, 0.2) is 32.5 Å². The Morgan fingerprint density at radius 2 is 2.05 bits per heavy atom. The Morgan fingerprint density at radius 1 is 1.30 bits per heavy atom. The van der Waals surface area contributed by atoms with Crippen molar-refractivity contribution < 1.29 is 4.74 Å². The normalized spacial score (nSPS) is 17.6. The molecule has 0 bridgehead atoms. The van der Waals surface area contributed by atoms with Gasteiger partial charge < -0.3 is 4.74 Å². The molecule has 3 rings (SSSR count). The lowest BCUT2D eigenvalue weighted by Gasteiger charge is -2.16. The third kappa shape index (κ3) is 2.80. The van der Waals surface area contributed by atoms with Crippen molar-refractivity contribution in [3.05, 3.63) is 48.5 Å². The molecular formula is C15H13Br2ClOS. The average molecular weight is 437 g/mol. The molecule has 0 radical (unpaired) electrons. The molecule has 0 fully saturated rings. The van der Waals surface area contributed by atoms with Crippen LogP contribution in [-0.4, -0.2) is 5.60 Å². The van der Waals surface area contributed by atoms with Crippen LogP contribution in [0.4, 0.5) is 0 Å². The highest BCUT2D eigenvalue weighted by Gasteiger charge is 2.30. The molecule has 1 atom stereocenters. The molecule has 1 nitrogen and oxygen atoms in total. The van der Waals surface area contributed by atoms with Crippen LogP contribution in [0.5, 0.6) is 5.75 Å². The summed E-state index contributed by atoms with van der Waals surface area (Å²) in [6.45, 7) is 4.22. The summed E-state index contributed by atoms with van der Waals surface area (Å²) in [6, 6.07) is 8.33. The molecule has 1 aromatic carbocycles. The first-order valence-corrected chi connectivity index (χ1v) is 9.10. The lowest BCUT2D eigenvalue weighted by atomic mass is 9.99. The fourth-order valence-corrected chi connectivity index (χ4v) is 4.87. The van der Waals surface area contributed by atoms with E-state index in [1.54, 1.807) is 11.3 Å². The molecular weight excluding hydrogens is 423 g/mol. The Hall–Kier alpha value is -0.0300. The number of benzene rings is 1. The van der Waals surface area contributed by atoms with Crippen LogP contribution in [0.1, 0.15) is 35.2 Å². The van der Waals surface area contributed by atoms with E-state index in [0.717, 1.165) is 30.9 Å². The predicted octanol–water partition coefficient (Wildman–Crippen LogP) is 6.31. The topological polar surface area (TPSA) is 9.23 Å². The summed E-state index contributed by atoms with van der Waals surface area (Å²) in [5.41, 5.74) is 2.25. The summed E-state index contributed by atoms with van der Waals surface area (Å²) in [4.78, 5) is 1.13. The van der Waals surface area contributed by atoms with Crippen molar-refractivity contribution in [3.63, 3.8) is 0 Å². The third-order valence-corrected chi connectivity index (χ3v) is 7.23. The molecule has 2 aromatic rings. The molecule has 1 unspecified atom stereocenters. The number of fused-ring (bicyclic) bond motifs is 1. The van der Waals surface area contributed by atoms with Gasteiger partial charge in [0.25, 0.3) is 0 Å². The Morgan fingerprint density at radius 3 is 2.70 bits per heavy atom. The first-order chi connectivity index (χ1) is 9.35. The van der Waals surface area contributed by atoms with Crippen molar-refractivity contribution >= 4 is 54.8 Å². The zero-order chi connectivity index (χ0) is 14.5. The lowest BCUT2D eigenvalue weighted by Crippen LogP contribution is -2.24. The second-order valence-corrected chi connectivity index (χ2v) is 9.23. The second kappa shape index (κ2) is 5.31. The zero-order valence-electron chi connectivity index (χ0n) is 11.0. The Balaban J connectivity index is 1.92. The van der Waals surface area contributed by atoms with Crippen LogP contribution in [-0.2, 0) is 6.42 Å². The molecule has 5 heteroatoms. The minimum Gasteiger partial charge on any atom is -0.487 e.